The highest BCUT2D eigenvalue weighted by atomic mass is 16.6. The summed E-state index contributed by atoms with van der Waals surface area (Å²) in [6.07, 6.45) is 2.18. The predicted molar refractivity (Wildman–Crippen MR) is 103 cm³/mol. The molecular weight excluding hydrogens is 348 g/mol. The Kier molecular flexibility index (Phi) is 8.02. The largest absolute Gasteiger partial charge is 0.467 e. The molecule has 7 heteroatoms. The molecule has 0 aliphatic heterocycles. The first-order chi connectivity index (χ1) is 12.5. The average Bonchev–Trinajstić information content (AvgIpc) is 2.55. The van der Waals surface area contributed by atoms with Gasteiger partial charge in [-0.25, -0.2) is 9.59 Å². The maximum atomic E-state index is 12.1. The number of nitrogens with one attached hydrogen (secondary N) is 2. The monoisotopic (exact) mass is 376 g/mol. The number of hydrogen-bond acceptors (Lipinski definition) is 5. The maximum absolute atomic E-state index is 12.1. The van der Waals surface area contributed by atoms with Gasteiger partial charge in [-0.1, -0.05) is 24.3 Å². The summed E-state index contributed by atoms with van der Waals surface area (Å²) in [4.78, 5) is 35.8. The number of aryl methyl sites for hydroxylation is 2. The van der Waals surface area contributed by atoms with Gasteiger partial charge in [-0.05, 0) is 58.2 Å². The van der Waals surface area contributed by atoms with Crippen molar-refractivity contribution in [3.8, 4) is 0 Å². The summed E-state index contributed by atoms with van der Waals surface area (Å²) in [6.45, 7) is 8.97. The van der Waals surface area contributed by atoms with Crippen molar-refractivity contribution in [1.82, 2.24) is 5.32 Å². The summed E-state index contributed by atoms with van der Waals surface area (Å²) in [5, 5.41) is 5.26. The number of carbonyl (C=O) groups is 3. The lowest BCUT2D eigenvalue weighted by Crippen LogP contribution is -2.43. The number of esters is 1. The van der Waals surface area contributed by atoms with Crippen LogP contribution in [0, 0.1) is 13.8 Å². The number of methoxy groups -OCH3 is 1. The van der Waals surface area contributed by atoms with Crippen molar-refractivity contribution in [1.29, 1.82) is 0 Å². The Morgan fingerprint density at radius 3 is 2.26 bits per heavy atom. The van der Waals surface area contributed by atoms with Gasteiger partial charge in [0.2, 0.25) is 5.91 Å². The minimum Gasteiger partial charge on any atom is -0.467 e. The molecule has 0 radical (unpaired) electrons. The molecule has 1 aromatic carbocycles. The van der Waals surface area contributed by atoms with Gasteiger partial charge in [0.05, 0.1) is 7.11 Å². The Morgan fingerprint density at radius 1 is 1.15 bits per heavy atom. The van der Waals surface area contributed by atoms with E-state index in [2.05, 4.69) is 15.4 Å². The summed E-state index contributed by atoms with van der Waals surface area (Å²) in [6, 6.07) is 4.78. The molecule has 0 spiro atoms. The number of carbonyl (C=O) groups excluding carboxylic acids is 3. The number of alkyl carbamates (subject to hydrolysis) is 1. The molecule has 0 saturated heterocycles. The number of rotatable bonds is 6. The standard InChI is InChI=1S/C20H28N2O5/c1-13-9-7-10-14(2)17(13)22-16(23)12-8-11-15(18(24)26-6)21-19(25)27-20(3,4)5/h7-10,12,15H,11H2,1-6H3,(H,21,25)(H,22,23)/b12-8+/t15-/m0/s1. The highest BCUT2D eigenvalue weighted by molar-refractivity contribution is 6.00. The van der Waals surface area contributed by atoms with Gasteiger partial charge in [-0.3, -0.25) is 4.79 Å². The van der Waals surface area contributed by atoms with Crippen molar-refractivity contribution in [3.05, 3.63) is 41.5 Å². The van der Waals surface area contributed by atoms with Crippen molar-refractivity contribution >= 4 is 23.7 Å². The summed E-state index contributed by atoms with van der Waals surface area (Å²) < 4.78 is 9.82. The van der Waals surface area contributed by atoms with Crippen LogP contribution in [0.3, 0.4) is 0 Å². The van der Waals surface area contributed by atoms with E-state index in [9.17, 15) is 14.4 Å². The first kappa shape index (κ1) is 22.2. The van der Waals surface area contributed by atoms with Gasteiger partial charge in [0.1, 0.15) is 11.6 Å². The molecule has 0 fully saturated rings. The van der Waals surface area contributed by atoms with Crippen LogP contribution in [-0.4, -0.2) is 36.7 Å². The van der Waals surface area contributed by atoms with Crippen molar-refractivity contribution in [2.75, 3.05) is 12.4 Å². The van der Waals surface area contributed by atoms with E-state index in [1.54, 1.807) is 20.8 Å². The Morgan fingerprint density at radius 2 is 1.74 bits per heavy atom. The molecule has 0 unspecified atom stereocenters. The number of benzene rings is 1. The quantitative estimate of drug-likeness (QED) is 0.587. The predicted octanol–water partition coefficient (Wildman–Crippen LogP) is 3.25. The molecule has 0 bridgehead atoms. The molecule has 2 N–H and O–H groups in total. The van der Waals surface area contributed by atoms with E-state index >= 15 is 0 Å². The van der Waals surface area contributed by atoms with E-state index in [1.807, 2.05) is 32.0 Å². The van der Waals surface area contributed by atoms with Crippen LogP contribution in [0.25, 0.3) is 0 Å². The molecule has 2 amide bonds. The number of hydrogen-bond donors (Lipinski definition) is 2. The summed E-state index contributed by atoms with van der Waals surface area (Å²) in [5.74, 6) is -0.950. The lowest BCUT2D eigenvalue weighted by atomic mass is 10.1. The molecular formula is C20H28N2O5. The molecule has 1 rings (SSSR count). The molecule has 0 heterocycles. The average molecular weight is 376 g/mol. The fourth-order valence-corrected chi connectivity index (χ4v) is 2.29. The molecule has 0 aromatic heterocycles. The molecule has 27 heavy (non-hydrogen) atoms. The SMILES string of the molecule is COC(=O)[C@H](C/C=C/C(=O)Nc1c(C)cccc1C)NC(=O)OC(C)(C)C. The van der Waals surface area contributed by atoms with Crippen molar-refractivity contribution in [2.24, 2.45) is 0 Å². The van der Waals surface area contributed by atoms with Crippen LogP contribution in [0.5, 0.6) is 0 Å². The van der Waals surface area contributed by atoms with Crippen LogP contribution < -0.4 is 10.6 Å². The Bertz CT molecular complexity index is 699. The van der Waals surface area contributed by atoms with E-state index in [4.69, 9.17) is 4.74 Å². The number of ether oxygens (including phenoxy) is 2. The van der Waals surface area contributed by atoms with Crippen LogP contribution in [0.1, 0.15) is 38.3 Å². The third kappa shape index (κ3) is 7.94. The van der Waals surface area contributed by atoms with E-state index in [1.165, 1.54) is 19.3 Å². The molecule has 148 valence electrons. The molecule has 1 aromatic rings. The van der Waals surface area contributed by atoms with E-state index in [0.717, 1.165) is 16.8 Å². The zero-order valence-electron chi connectivity index (χ0n) is 16.7. The first-order valence-electron chi connectivity index (χ1n) is 8.64. The fourth-order valence-electron chi connectivity index (χ4n) is 2.29. The minimum atomic E-state index is -0.950. The minimum absolute atomic E-state index is 0.0894. The molecule has 0 aliphatic carbocycles. The van der Waals surface area contributed by atoms with Gasteiger partial charge in [-0.15, -0.1) is 0 Å². The van der Waals surface area contributed by atoms with Crippen molar-refractivity contribution < 1.29 is 23.9 Å². The first-order valence-corrected chi connectivity index (χ1v) is 8.64. The molecule has 7 nitrogen and oxygen atoms in total. The van der Waals surface area contributed by atoms with Gasteiger partial charge in [-0.2, -0.15) is 0 Å². The van der Waals surface area contributed by atoms with Crippen LogP contribution in [0.4, 0.5) is 10.5 Å². The summed E-state index contributed by atoms with van der Waals surface area (Å²) in [7, 11) is 1.23. The Labute approximate surface area is 160 Å². The van der Waals surface area contributed by atoms with Crippen molar-refractivity contribution in [3.63, 3.8) is 0 Å². The van der Waals surface area contributed by atoms with Gasteiger partial charge in [0.15, 0.2) is 0 Å². The smallest absolute Gasteiger partial charge is 0.408 e. The zero-order valence-corrected chi connectivity index (χ0v) is 16.7. The second-order valence-electron chi connectivity index (χ2n) is 7.12. The molecule has 0 saturated carbocycles. The maximum Gasteiger partial charge on any atom is 0.408 e. The second-order valence-corrected chi connectivity index (χ2v) is 7.12. The van der Waals surface area contributed by atoms with Crippen LogP contribution >= 0.6 is 0 Å². The van der Waals surface area contributed by atoms with Crippen molar-refractivity contribution in [2.45, 2.75) is 52.7 Å². The second kappa shape index (κ2) is 9.75. The lowest BCUT2D eigenvalue weighted by molar-refractivity contribution is -0.143. The Balaban J connectivity index is 2.70. The highest BCUT2D eigenvalue weighted by Crippen LogP contribution is 2.19. The third-order valence-corrected chi connectivity index (χ3v) is 3.55. The number of para-hydroxylation sites is 1. The lowest BCUT2D eigenvalue weighted by Gasteiger charge is -2.22. The summed E-state index contributed by atoms with van der Waals surface area (Å²) in [5.41, 5.74) is 1.97. The zero-order chi connectivity index (χ0) is 20.6. The van der Waals surface area contributed by atoms with Crippen LogP contribution in [0.2, 0.25) is 0 Å². The van der Waals surface area contributed by atoms with E-state index in [-0.39, 0.29) is 12.3 Å². The normalized spacial score (nSPS) is 12.4. The van der Waals surface area contributed by atoms with E-state index < -0.39 is 23.7 Å². The van der Waals surface area contributed by atoms with Crippen LogP contribution in [-0.2, 0) is 19.1 Å². The number of amides is 2. The topological polar surface area (TPSA) is 93.7 Å². The van der Waals surface area contributed by atoms with Gasteiger partial charge in [0, 0.05) is 5.69 Å². The fraction of sp³-hybridized carbons (Fsp3) is 0.450. The van der Waals surface area contributed by atoms with Gasteiger partial charge < -0.3 is 20.1 Å². The number of anilines is 1. The van der Waals surface area contributed by atoms with Crippen LogP contribution in [0.15, 0.2) is 30.4 Å². The van der Waals surface area contributed by atoms with E-state index in [0.29, 0.717) is 0 Å². The Hall–Kier alpha value is -2.83. The molecule has 1 atom stereocenters. The van der Waals surface area contributed by atoms with Gasteiger partial charge in [0.25, 0.3) is 0 Å². The summed E-state index contributed by atoms with van der Waals surface area (Å²) >= 11 is 0. The molecule has 0 aliphatic rings. The van der Waals surface area contributed by atoms with Gasteiger partial charge >= 0.3 is 12.1 Å². The third-order valence-electron chi connectivity index (χ3n) is 3.55. The highest BCUT2D eigenvalue weighted by Gasteiger charge is 2.24.